The summed E-state index contributed by atoms with van der Waals surface area (Å²) < 4.78 is 5.51. The molecular formula is C15H23NO4. The molecule has 1 amide bonds. The van der Waals surface area contributed by atoms with Crippen LogP contribution in [0.4, 0.5) is 0 Å². The molecule has 0 unspecified atom stereocenters. The van der Waals surface area contributed by atoms with E-state index in [0.717, 1.165) is 11.3 Å². The van der Waals surface area contributed by atoms with E-state index in [9.17, 15) is 4.79 Å². The van der Waals surface area contributed by atoms with Gasteiger partial charge in [0.2, 0.25) is 5.91 Å². The van der Waals surface area contributed by atoms with E-state index in [1.165, 1.54) is 5.56 Å². The monoisotopic (exact) mass is 281 g/mol. The molecule has 1 rings (SSSR count). The number of amides is 1. The number of benzene rings is 1. The molecule has 5 heteroatoms. The van der Waals surface area contributed by atoms with Gasteiger partial charge in [-0.25, -0.2) is 0 Å². The maximum atomic E-state index is 11.7. The van der Waals surface area contributed by atoms with Crippen LogP contribution >= 0.6 is 0 Å². The molecule has 0 radical (unpaired) electrons. The van der Waals surface area contributed by atoms with Gasteiger partial charge >= 0.3 is 0 Å². The molecule has 0 bridgehead atoms. The number of carbonyl (C=O) groups excluding carboxylic acids is 1. The summed E-state index contributed by atoms with van der Waals surface area (Å²) in [5, 5.41) is 20.8. The summed E-state index contributed by atoms with van der Waals surface area (Å²) in [6, 6.07) is 5.77. The zero-order valence-electron chi connectivity index (χ0n) is 12.3. The Bertz CT molecular complexity index is 455. The smallest absolute Gasteiger partial charge is 0.224 e. The molecule has 20 heavy (non-hydrogen) atoms. The molecule has 112 valence electrons. The minimum atomic E-state index is -0.989. The molecule has 0 aromatic heterocycles. The molecule has 1 aromatic carbocycles. The van der Waals surface area contributed by atoms with Gasteiger partial charge in [0.25, 0.3) is 0 Å². The minimum absolute atomic E-state index is 0.169. The topological polar surface area (TPSA) is 78.8 Å². The molecule has 0 aliphatic carbocycles. The number of hydrogen-bond donors (Lipinski definition) is 3. The Morgan fingerprint density at radius 3 is 2.45 bits per heavy atom. The summed E-state index contributed by atoms with van der Waals surface area (Å²) >= 11 is 0. The van der Waals surface area contributed by atoms with Gasteiger partial charge in [-0.15, -0.1) is 0 Å². The molecule has 0 atom stereocenters. The number of rotatable bonds is 7. The van der Waals surface area contributed by atoms with Crippen molar-refractivity contribution < 1.29 is 19.7 Å². The van der Waals surface area contributed by atoms with E-state index >= 15 is 0 Å². The van der Waals surface area contributed by atoms with E-state index < -0.39 is 5.54 Å². The van der Waals surface area contributed by atoms with Gasteiger partial charge in [-0.1, -0.05) is 6.07 Å². The first-order valence-corrected chi connectivity index (χ1v) is 6.63. The molecule has 0 fully saturated rings. The first kappa shape index (κ1) is 16.5. The second kappa shape index (κ2) is 7.26. The zero-order chi connectivity index (χ0) is 15.2. The fourth-order valence-electron chi connectivity index (χ4n) is 1.59. The average Bonchev–Trinajstić information content (AvgIpc) is 2.42. The van der Waals surface area contributed by atoms with E-state index in [2.05, 4.69) is 5.32 Å². The highest BCUT2D eigenvalue weighted by molar-refractivity contribution is 5.76. The summed E-state index contributed by atoms with van der Waals surface area (Å²) in [5.41, 5.74) is 1.34. The van der Waals surface area contributed by atoms with Crippen LogP contribution in [0.2, 0.25) is 0 Å². The molecule has 0 aliphatic rings. The molecule has 1 aromatic rings. The molecule has 3 N–H and O–H groups in total. The molecule has 0 saturated heterocycles. The SMILES string of the molecule is Cc1ccc(OCCC(=O)NC(C)(CO)CO)cc1C. The number of aliphatic hydroxyl groups is 2. The Labute approximate surface area is 119 Å². The van der Waals surface area contributed by atoms with Crippen LogP contribution in [0.25, 0.3) is 0 Å². The van der Waals surface area contributed by atoms with Crippen molar-refractivity contribution in [3.63, 3.8) is 0 Å². The number of carbonyl (C=O) groups is 1. The van der Waals surface area contributed by atoms with Crippen molar-refractivity contribution in [3.8, 4) is 5.75 Å². The number of nitrogens with one attached hydrogen (secondary N) is 1. The minimum Gasteiger partial charge on any atom is -0.493 e. The van der Waals surface area contributed by atoms with Crippen LogP contribution in [0.15, 0.2) is 18.2 Å². The molecule has 0 saturated carbocycles. The lowest BCUT2D eigenvalue weighted by Crippen LogP contribution is -2.51. The Morgan fingerprint density at radius 2 is 1.90 bits per heavy atom. The predicted octanol–water partition coefficient (Wildman–Crippen LogP) is 0.932. The fourth-order valence-corrected chi connectivity index (χ4v) is 1.59. The van der Waals surface area contributed by atoms with Crippen molar-refractivity contribution in [2.75, 3.05) is 19.8 Å². The van der Waals surface area contributed by atoms with E-state index in [-0.39, 0.29) is 32.1 Å². The molecule has 0 heterocycles. The Morgan fingerprint density at radius 1 is 1.25 bits per heavy atom. The lowest BCUT2D eigenvalue weighted by atomic mass is 10.1. The Balaban J connectivity index is 2.40. The highest BCUT2D eigenvalue weighted by Crippen LogP contribution is 2.16. The van der Waals surface area contributed by atoms with Crippen LogP contribution in [0.1, 0.15) is 24.5 Å². The summed E-state index contributed by atoms with van der Waals surface area (Å²) in [5.74, 6) is 0.465. The first-order chi connectivity index (χ1) is 9.40. The number of ether oxygens (including phenoxy) is 1. The van der Waals surface area contributed by atoms with E-state index in [1.807, 2.05) is 32.0 Å². The third kappa shape index (κ3) is 4.83. The van der Waals surface area contributed by atoms with Crippen LogP contribution in [0, 0.1) is 13.8 Å². The van der Waals surface area contributed by atoms with Crippen LogP contribution in [0.5, 0.6) is 5.75 Å². The van der Waals surface area contributed by atoms with Gasteiger partial charge in [0, 0.05) is 0 Å². The lowest BCUT2D eigenvalue weighted by molar-refractivity contribution is -0.124. The molecule has 0 aliphatic heterocycles. The van der Waals surface area contributed by atoms with Gasteiger partial charge < -0.3 is 20.3 Å². The largest absolute Gasteiger partial charge is 0.493 e. The lowest BCUT2D eigenvalue weighted by Gasteiger charge is -2.26. The van der Waals surface area contributed by atoms with Crippen molar-refractivity contribution >= 4 is 5.91 Å². The number of aryl methyl sites for hydroxylation is 2. The second-order valence-corrected chi connectivity index (χ2v) is 5.27. The van der Waals surface area contributed by atoms with Gasteiger partial charge in [0.1, 0.15) is 5.75 Å². The van der Waals surface area contributed by atoms with Gasteiger partial charge in [-0.05, 0) is 44.0 Å². The number of aliphatic hydroxyl groups excluding tert-OH is 2. The van der Waals surface area contributed by atoms with Crippen LogP contribution in [0.3, 0.4) is 0 Å². The van der Waals surface area contributed by atoms with E-state index in [1.54, 1.807) is 6.92 Å². The quantitative estimate of drug-likeness (QED) is 0.695. The highest BCUT2D eigenvalue weighted by Gasteiger charge is 2.24. The van der Waals surface area contributed by atoms with Crippen molar-refractivity contribution in [1.82, 2.24) is 5.32 Å². The first-order valence-electron chi connectivity index (χ1n) is 6.63. The van der Waals surface area contributed by atoms with E-state index in [4.69, 9.17) is 14.9 Å². The molecule has 0 spiro atoms. The Kier molecular flexibility index (Phi) is 5.98. The van der Waals surface area contributed by atoms with Crippen molar-refractivity contribution in [2.24, 2.45) is 0 Å². The van der Waals surface area contributed by atoms with Gasteiger partial charge in [0.15, 0.2) is 0 Å². The third-order valence-corrected chi connectivity index (χ3v) is 3.22. The van der Waals surface area contributed by atoms with Crippen molar-refractivity contribution in [2.45, 2.75) is 32.7 Å². The van der Waals surface area contributed by atoms with Crippen LogP contribution in [-0.4, -0.2) is 41.5 Å². The fraction of sp³-hybridized carbons (Fsp3) is 0.533. The Hall–Kier alpha value is -1.59. The predicted molar refractivity (Wildman–Crippen MR) is 76.7 cm³/mol. The molecular weight excluding hydrogens is 258 g/mol. The van der Waals surface area contributed by atoms with Crippen molar-refractivity contribution in [1.29, 1.82) is 0 Å². The summed E-state index contributed by atoms with van der Waals surface area (Å²) in [6.45, 7) is 5.23. The van der Waals surface area contributed by atoms with Gasteiger partial charge in [0.05, 0.1) is 31.8 Å². The summed E-state index contributed by atoms with van der Waals surface area (Å²) in [6.07, 6.45) is 0.169. The van der Waals surface area contributed by atoms with Crippen molar-refractivity contribution in [3.05, 3.63) is 29.3 Å². The highest BCUT2D eigenvalue weighted by atomic mass is 16.5. The average molecular weight is 281 g/mol. The van der Waals surface area contributed by atoms with Gasteiger partial charge in [-0.3, -0.25) is 4.79 Å². The zero-order valence-corrected chi connectivity index (χ0v) is 12.3. The third-order valence-electron chi connectivity index (χ3n) is 3.22. The normalized spacial score (nSPS) is 11.2. The van der Waals surface area contributed by atoms with Gasteiger partial charge in [-0.2, -0.15) is 0 Å². The van der Waals surface area contributed by atoms with Crippen LogP contribution in [-0.2, 0) is 4.79 Å². The van der Waals surface area contributed by atoms with Crippen LogP contribution < -0.4 is 10.1 Å². The summed E-state index contributed by atoms with van der Waals surface area (Å²) in [7, 11) is 0. The summed E-state index contributed by atoms with van der Waals surface area (Å²) in [4.78, 5) is 11.7. The molecule has 5 nitrogen and oxygen atoms in total. The maximum absolute atomic E-state index is 11.7. The number of hydrogen-bond acceptors (Lipinski definition) is 4. The second-order valence-electron chi connectivity index (χ2n) is 5.27. The standard InChI is InChI=1S/C15H23NO4/c1-11-4-5-13(8-12(11)2)20-7-6-14(19)16-15(3,9-17)10-18/h4-5,8,17-18H,6-7,9-10H2,1-3H3,(H,16,19). The maximum Gasteiger partial charge on any atom is 0.224 e. The van der Waals surface area contributed by atoms with E-state index in [0.29, 0.717) is 0 Å².